The Morgan fingerprint density at radius 1 is 1.47 bits per heavy atom. The van der Waals surface area contributed by atoms with Crippen LogP contribution in [0.25, 0.3) is 0 Å². The molecule has 1 aromatic rings. The summed E-state index contributed by atoms with van der Waals surface area (Å²) in [5, 5.41) is 0. The molecule has 1 aliphatic rings. The highest BCUT2D eigenvalue weighted by Gasteiger charge is 2.27. The van der Waals surface area contributed by atoms with Crippen molar-refractivity contribution in [2.75, 3.05) is 19.7 Å². The summed E-state index contributed by atoms with van der Waals surface area (Å²) in [5.41, 5.74) is 0. The standard InChI is InChI=1S/C15H23NO2S/c1-4-12-5-6-13(19-12)9-14(17)15-10-16(11(2)3)7-8-18-15/h5-6,11,15H,4,7-10H2,1-3H3. The fourth-order valence-corrected chi connectivity index (χ4v) is 3.29. The van der Waals surface area contributed by atoms with Crippen LogP contribution in [-0.2, 0) is 22.4 Å². The largest absolute Gasteiger partial charge is 0.368 e. The molecule has 1 aliphatic heterocycles. The van der Waals surface area contributed by atoms with Crippen molar-refractivity contribution in [3.05, 3.63) is 21.9 Å². The lowest BCUT2D eigenvalue weighted by atomic mass is 10.1. The number of ether oxygens (including phenoxy) is 1. The number of carbonyl (C=O) groups is 1. The molecule has 2 heterocycles. The van der Waals surface area contributed by atoms with E-state index in [1.807, 2.05) is 0 Å². The third-order valence-corrected chi connectivity index (χ3v) is 4.83. The number of Topliss-reactive ketones (excluding diaryl/α,β-unsaturated/α-hetero) is 1. The normalized spacial score (nSPS) is 20.9. The average molecular weight is 281 g/mol. The van der Waals surface area contributed by atoms with Crippen molar-refractivity contribution in [3.8, 4) is 0 Å². The van der Waals surface area contributed by atoms with E-state index in [-0.39, 0.29) is 11.9 Å². The molecule has 0 aromatic carbocycles. The predicted octanol–water partition coefficient (Wildman–Crippen LogP) is 2.53. The molecule has 3 nitrogen and oxygen atoms in total. The summed E-state index contributed by atoms with van der Waals surface area (Å²) in [6, 6.07) is 4.67. The summed E-state index contributed by atoms with van der Waals surface area (Å²) < 4.78 is 5.64. The highest BCUT2D eigenvalue weighted by atomic mass is 32.1. The first-order chi connectivity index (χ1) is 9.10. The molecule has 0 amide bonds. The Hall–Kier alpha value is -0.710. The zero-order valence-electron chi connectivity index (χ0n) is 12.0. The van der Waals surface area contributed by atoms with Gasteiger partial charge in [0.2, 0.25) is 0 Å². The van der Waals surface area contributed by atoms with Crippen molar-refractivity contribution >= 4 is 17.1 Å². The fraction of sp³-hybridized carbons (Fsp3) is 0.667. The van der Waals surface area contributed by atoms with Gasteiger partial charge in [-0.1, -0.05) is 6.92 Å². The number of rotatable bonds is 5. The maximum Gasteiger partial charge on any atom is 0.168 e. The van der Waals surface area contributed by atoms with E-state index < -0.39 is 0 Å². The van der Waals surface area contributed by atoms with Crippen molar-refractivity contribution < 1.29 is 9.53 Å². The molecular weight excluding hydrogens is 258 g/mol. The Morgan fingerprint density at radius 3 is 2.84 bits per heavy atom. The number of aryl methyl sites for hydroxylation is 1. The lowest BCUT2D eigenvalue weighted by molar-refractivity contribution is -0.136. The Labute approximate surface area is 119 Å². The molecule has 1 saturated heterocycles. The van der Waals surface area contributed by atoms with Crippen LogP contribution in [0.1, 0.15) is 30.5 Å². The number of hydrogen-bond donors (Lipinski definition) is 0. The lowest BCUT2D eigenvalue weighted by Gasteiger charge is -2.34. The molecule has 0 aliphatic carbocycles. The summed E-state index contributed by atoms with van der Waals surface area (Å²) in [7, 11) is 0. The van der Waals surface area contributed by atoms with Gasteiger partial charge in [0.15, 0.2) is 5.78 Å². The van der Waals surface area contributed by atoms with Crippen molar-refractivity contribution in [2.24, 2.45) is 0 Å². The fourth-order valence-electron chi connectivity index (χ4n) is 2.33. The summed E-state index contributed by atoms with van der Waals surface area (Å²) in [5.74, 6) is 0.217. The quantitative estimate of drug-likeness (QED) is 0.830. The lowest BCUT2D eigenvalue weighted by Crippen LogP contribution is -2.49. The minimum Gasteiger partial charge on any atom is -0.368 e. The van der Waals surface area contributed by atoms with Crippen LogP contribution in [0.2, 0.25) is 0 Å². The minimum absolute atomic E-state index is 0.217. The van der Waals surface area contributed by atoms with Gasteiger partial charge in [-0.15, -0.1) is 11.3 Å². The van der Waals surface area contributed by atoms with Gasteiger partial charge in [0.05, 0.1) is 6.61 Å². The predicted molar refractivity (Wildman–Crippen MR) is 78.9 cm³/mol. The maximum atomic E-state index is 12.3. The van der Waals surface area contributed by atoms with Gasteiger partial charge in [0.25, 0.3) is 0 Å². The first kappa shape index (κ1) is 14.7. The molecule has 0 radical (unpaired) electrons. The van der Waals surface area contributed by atoms with E-state index >= 15 is 0 Å². The molecule has 106 valence electrons. The Kier molecular flexibility index (Phi) is 5.13. The molecular formula is C15H23NO2S. The second-order valence-electron chi connectivity index (χ2n) is 5.31. The van der Waals surface area contributed by atoms with Gasteiger partial charge in [-0.25, -0.2) is 0 Å². The molecule has 0 bridgehead atoms. The molecule has 1 fully saturated rings. The molecule has 4 heteroatoms. The smallest absolute Gasteiger partial charge is 0.168 e. The van der Waals surface area contributed by atoms with E-state index in [0.717, 1.165) is 24.4 Å². The summed E-state index contributed by atoms with van der Waals surface area (Å²) in [6.07, 6.45) is 1.31. The second kappa shape index (κ2) is 6.64. The number of ketones is 1. The van der Waals surface area contributed by atoms with E-state index in [0.29, 0.717) is 19.1 Å². The molecule has 0 saturated carbocycles. The van der Waals surface area contributed by atoms with Gasteiger partial charge in [-0.3, -0.25) is 9.69 Å². The van der Waals surface area contributed by atoms with Gasteiger partial charge in [0, 0.05) is 35.3 Å². The monoisotopic (exact) mass is 281 g/mol. The molecule has 1 atom stereocenters. The van der Waals surface area contributed by atoms with Crippen molar-refractivity contribution in [1.29, 1.82) is 0 Å². The van der Waals surface area contributed by atoms with Crippen molar-refractivity contribution in [1.82, 2.24) is 4.90 Å². The SMILES string of the molecule is CCc1ccc(CC(=O)C2CN(C(C)C)CCO2)s1. The molecule has 0 spiro atoms. The van der Waals surface area contributed by atoms with Crippen LogP contribution in [0.3, 0.4) is 0 Å². The van der Waals surface area contributed by atoms with Crippen LogP contribution in [0.4, 0.5) is 0 Å². The van der Waals surface area contributed by atoms with Gasteiger partial charge in [0.1, 0.15) is 6.10 Å². The molecule has 2 rings (SSSR count). The van der Waals surface area contributed by atoms with E-state index in [1.54, 1.807) is 11.3 Å². The average Bonchev–Trinajstić information content (AvgIpc) is 2.86. The highest BCUT2D eigenvalue weighted by molar-refractivity contribution is 7.12. The molecule has 19 heavy (non-hydrogen) atoms. The molecule has 0 N–H and O–H groups in total. The number of carbonyl (C=O) groups excluding carboxylic acids is 1. The zero-order valence-corrected chi connectivity index (χ0v) is 12.8. The van der Waals surface area contributed by atoms with Crippen molar-refractivity contribution in [2.45, 2.75) is 45.8 Å². The first-order valence-electron chi connectivity index (χ1n) is 7.06. The van der Waals surface area contributed by atoms with Crippen LogP contribution >= 0.6 is 11.3 Å². The number of thiophene rings is 1. The van der Waals surface area contributed by atoms with Gasteiger partial charge < -0.3 is 4.74 Å². The number of nitrogens with zero attached hydrogens (tertiary/aromatic N) is 1. The third-order valence-electron chi connectivity index (χ3n) is 3.60. The van der Waals surface area contributed by atoms with Gasteiger partial charge in [-0.2, -0.15) is 0 Å². The van der Waals surface area contributed by atoms with E-state index in [2.05, 4.69) is 37.8 Å². The third kappa shape index (κ3) is 3.88. The van der Waals surface area contributed by atoms with Crippen molar-refractivity contribution in [3.63, 3.8) is 0 Å². The second-order valence-corrected chi connectivity index (χ2v) is 6.57. The summed E-state index contributed by atoms with van der Waals surface area (Å²) in [6.45, 7) is 8.81. The van der Waals surface area contributed by atoms with Crippen LogP contribution in [0.5, 0.6) is 0 Å². The highest BCUT2D eigenvalue weighted by Crippen LogP contribution is 2.19. The van der Waals surface area contributed by atoms with E-state index in [1.165, 1.54) is 4.88 Å². The van der Waals surface area contributed by atoms with Gasteiger partial charge >= 0.3 is 0 Å². The molecule has 1 aromatic heterocycles. The van der Waals surface area contributed by atoms with Crippen LogP contribution in [-0.4, -0.2) is 42.5 Å². The summed E-state index contributed by atoms with van der Waals surface area (Å²) in [4.78, 5) is 17.1. The Bertz CT molecular complexity index is 428. The molecule has 1 unspecified atom stereocenters. The minimum atomic E-state index is -0.247. The van der Waals surface area contributed by atoms with E-state index in [9.17, 15) is 4.79 Å². The first-order valence-corrected chi connectivity index (χ1v) is 7.87. The van der Waals surface area contributed by atoms with Crippen LogP contribution in [0.15, 0.2) is 12.1 Å². The van der Waals surface area contributed by atoms with Gasteiger partial charge in [-0.05, 0) is 32.4 Å². The topological polar surface area (TPSA) is 29.5 Å². The zero-order chi connectivity index (χ0) is 13.8. The van der Waals surface area contributed by atoms with E-state index in [4.69, 9.17) is 4.74 Å². The number of hydrogen-bond acceptors (Lipinski definition) is 4. The number of morpholine rings is 1. The Balaban J connectivity index is 1.92. The Morgan fingerprint density at radius 2 is 2.21 bits per heavy atom. The van der Waals surface area contributed by atoms with Crippen LogP contribution < -0.4 is 0 Å². The maximum absolute atomic E-state index is 12.3. The summed E-state index contributed by atoms with van der Waals surface area (Å²) >= 11 is 1.74. The van der Waals surface area contributed by atoms with Crippen LogP contribution in [0, 0.1) is 0 Å².